The van der Waals surface area contributed by atoms with Crippen molar-refractivity contribution >= 4 is 35.0 Å². The zero-order valence-electron chi connectivity index (χ0n) is 18.4. The lowest BCUT2D eigenvalue weighted by atomic mass is 10.1. The van der Waals surface area contributed by atoms with E-state index in [1.54, 1.807) is 37.7 Å². The fourth-order valence-electron chi connectivity index (χ4n) is 3.22. The molecule has 0 fully saturated rings. The number of pyridine rings is 1. The molecule has 33 heavy (non-hydrogen) atoms. The Morgan fingerprint density at radius 2 is 1.85 bits per heavy atom. The number of rotatable bonds is 7. The molecule has 0 saturated heterocycles. The smallest absolute Gasteiger partial charge is 0.234 e. The van der Waals surface area contributed by atoms with Crippen molar-refractivity contribution in [2.45, 2.75) is 19.0 Å². The molecule has 168 valence electrons. The summed E-state index contributed by atoms with van der Waals surface area (Å²) >= 11 is 7.46. The van der Waals surface area contributed by atoms with Crippen LogP contribution in [0.15, 0.2) is 66.1 Å². The van der Waals surface area contributed by atoms with Gasteiger partial charge in [-0.3, -0.25) is 14.3 Å². The maximum atomic E-state index is 12.6. The number of nitrogens with one attached hydrogen (secondary N) is 1. The summed E-state index contributed by atoms with van der Waals surface area (Å²) in [6, 6.07) is 15.1. The van der Waals surface area contributed by atoms with E-state index >= 15 is 0 Å². The minimum absolute atomic E-state index is 0.156. The van der Waals surface area contributed by atoms with Crippen LogP contribution in [0.5, 0.6) is 5.75 Å². The molecule has 0 unspecified atom stereocenters. The molecule has 0 bridgehead atoms. The Bertz CT molecular complexity index is 1290. The highest BCUT2D eigenvalue weighted by Gasteiger charge is 2.18. The van der Waals surface area contributed by atoms with Gasteiger partial charge in [-0.1, -0.05) is 29.4 Å². The maximum Gasteiger partial charge on any atom is 0.234 e. The molecule has 0 aliphatic rings. The molecule has 0 saturated carbocycles. The molecule has 9 heteroatoms. The highest BCUT2D eigenvalue weighted by atomic mass is 35.5. The predicted molar refractivity (Wildman–Crippen MR) is 131 cm³/mol. The van der Waals surface area contributed by atoms with Crippen LogP contribution in [0, 0.1) is 13.8 Å². The van der Waals surface area contributed by atoms with Crippen molar-refractivity contribution in [1.82, 2.24) is 19.7 Å². The van der Waals surface area contributed by atoms with Gasteiger partial charge in [-0.25, -0.2) is 0 Å². The number of nitrogens with zero attached hydrogens (tertiary/aromatic N) is 4. The van der Waals surface area contributed by atoms with E-state index in [0.717, 1.165) is 16.8 Å². The van der Waals surface area contributed by atoms with E-state index in [1.807, 2.05) is 22.8 Å². The van der Waals surface area contributed by atoms with Gasteiger partial charge in [-0.15, -0.1) is 10.2 Å². The molecular weight excluding hydrogens is 458 g/mol. The number of benzene rings is 2. The van der Waals surface area contributed by atoms with Gasteiger partial charge in [-0.05, 0) is 67.4 Å². The Hall–Kier alpha value is -3.36. The summed E-state index contributed by atoms with van der Waals surface area (Å²) in [7, 11) is 1.54. The van der Waals surface area contributed by atoms with Crippen LogP contribution in [-0.4, -0.2) is 38.5 Å². The molecule has 2 aromatic heterocycles. The third-order valence-corrected chi connectivity index (χ3v) is 6.31. The van der Waals surface area contributed by atoms with Gasteiger partial charge >= 0.3 is 0 Å². The number of ether oxygens (including phenoxy) is 1. The minimum atomic E-state index is -0.179. The van der Waals surface area contributed by atoms with Crippen molar-refractivity contribution in [2.24, 2.45) is 0 Å². The van der Waals surface area contributed by atoms with Gasteiger partial charge in [0.1, 0.15) is 5.75 Å². The summed E-state index contributed by atoms with van der Waals surface area (Å²) in [4.78, 5) is 16.7. The number of aromatic nitrogens is 4. The number of halogens is 1. The predicted octanol–water partition coefficient (Wildman–Crippen LogP) is 5.34. The number of aryl methyl sites for hydroxylation is 2. The van der Waals surface area contributed by atoms with Crippen LogP contribution in [0.25, 0.3) is 17.1 Å². The Labute approximate surface area is 201 Å². The highest BCUT2D eigenvalue weighted by Crippen LogP contribution is 2.30. The molecule has 0 aliphatic carbocycles. The molecule has 0 spiro atoms. The number of carbonyl (C=O) groups excluding carboxylic acids is 1. The molecule has 0 atom stereocenters. The number of anilines is 1. The minimum Gasteiger partial charge on any atom is -0.495 e. The van der Waals surface area contributed by atoms with Gasteiger partial charge in [-0.2, -0.15) is 0 Å². The lowest BCUT2D eigenvalue weighted by Gasteiger charge is -2.12. The molecule has 7 nitrogen and oxygen atoms in total. The van der Waals surface area contributed by atoms with Crippen LogP contribution in [0.1, 0.15) is 11.1 Å². The van der Waals surface area contributed by atoms with Gasteiger partial charge in [0, 0.05) is 23.6 Å². The number of methoxy groups -OCH3 is 1. The van der Waals surface area contributed by atoms with Crippen LogP contribution in [-0.2, 0) is 4.79 Å². The van der Waals surface area contributed by atoms with Gasteiger partial charge in [0.05, 0.1) is 23.6 Å². The highest BCUT2D eigenvalue weighted by molar-refractivity contribution is 7.99. The van der Waals surface area contributed by atoms with Gasteiger partial charge in [0.15, 0.2) is 11.0 Å². The standard InChI is InChI=1S/C24H22ClN5O2S/c1-15-4-6-19(12-16(15)2)30-23(17-8-10-26-11-9-17)28-29-24(30)33-14-22(31)27-18-5-7-21(32-3)20(25)13-18/h4-13H,14H2,1-3H3,(H,27,31). The van der Waals surface area contributed by atoms with E-state index < -0.39 is 0 Å². The summed E-state index contributed by atoms with van der Waals surface area (Å²) in [5, 5.41) is 12.7. The zero-order valence-corrected chi connectivity index (χ0v) is 19.9. The van der Waals surface area contributed by atoms with Crippen molar-refractivity contribution in [3.05, 3.63) is 77.1 Å². The summed E-state index contributed by atoms with van der Waals surface area (Å²) in [6.45, 7) is 4.13. The van der Waals surface area contributed by atoms with Crippen molar-refractivity contribution in [2.75, 3.05) is 18.2 Å². The monoisotopic (exact) mass is 479 g/mol. The average Bonchev–Trinajstić information content (AvgIpc) is 3.24. The van der Waals surface area contributed by atoms with Crippen LogP contribution in [0.2, 0.25) is 5.02 Å². The second kappa shape index (κ2) is 10.1. The maximum absolute atomic E-state index is 12.6. The van der Waals surface area contributed by atoms with E-state index in [4.69, 9.17) is 16.3 Å². The summed E-state index contributed by atoms with van der Waals surface area (Å²) < 4.78 is 7.11. The zero-order chi connectivity index (χ0) is 23.4. The lowest BCUT2D eigenvalue weighted by molar-refractivity contribution is -0.113. The van der Waals surface area contributed by atoms with E-state index in [2.05, 4.69) is 46.5 Å². The van der Waals surface area contributed by atoms with Crippen LogP contribution < -0.4 is 10.1 Å². The Balaban J connectivity index is 1.58. The first-order chi connectivity index (χ1) is 16.0. The second-order valence-electron chi connectivity index (χ2n) is 7.33. The summed E-state index contributed by atoms with van der Waals surface area (Å²) in [6.07, 6.45) is 3.43. The molecule has 1 amide bonds. The molecular formula is C24H22ClN5O2S. The van der Waals surface area contributed by atoms with Crippen molar-refractivity contribution < 1.29 is 9.53 Å². The van der Waals surface area contributed by atoms with Gasteiger partial charge < -0.3 is 10.1 Å². The first-order valence-corrected chi connectivity index (χ1v) is 11.5. The van der Waals surface area contributed by atoms with Crippen LogP contribution in [0.4, 0.5) is 5.69 Å². The number of amides is 1. The average molecular weight is 480 g/mol. The fourth-order valence-corrected chi connectivity index (χ4v) is 4.23. The molecule has 4 aromatic rings. The molecule has 1 N–H and O–H groups in total. The Kier molecular flexibility index (Phi) is 6.96. The third kappa shape index (κ3) is 5.18. The lowest BCUT2D eigenvalue weighted by Crippen LogP contribution is -2.14. The van der Waals surface area contributed by atoms with Crippen molar-refractivity contribution in [3.63, 3.8) is 0 Å². The van der Waals surface area contributed by atoms with Crippen molar-refractivity contribution in [1.29, 1.82) is 0 Å². The SMILES string of the molecule is COc1ccc(NC(=O)CSc2nnc(-c3ccncc3)n2-c2ccc(C)c(C)c2)cc1Cl. The number of carbonyl (C=O) groups is 1. The van der Waals surface area contributed by atoms with E-state index in [1.165, 1.54) is 17.3 Å². The topological polar surface area (TPSA) is 81.9 Å². The molecule has 0 radical (unpaired) electrons. The Morgan fingerprint density at radius 1 is 1.06 bits per heavy atom. The fraction of sp³-hybridized carbons (Fsp3) is 0.167. The Morgan fingerprint density at radius 3 is 2.55 bits per heavy atom. The quantitative estimate of drug-likeness (QED) is 0.360. The second-order valence-corrected chi connectivity index (χ2v) is 8.68. The van der Waals surface area contributed by atoms with Crippen LogP contribution >= 0.6 is 23.4 Å². The van der Waals surface area contributed by atoms with Crippen LogP contribution in [0.3, 0.4) is 0 Å². The molecule has 0 aliphatic heterocycles. The summed E-state index contributed by atoms with van der Waals surface area (Å²) in [5.41, 5.74) is 4.77. The largest absolute Gasteiger partial charge is 0.495 e. The number of hydrogen-bond donors (Lipinski definition) is 1. The van der Waals surface area contributed by atoms with Crippen molar-refractivity contribution in [3.8, 4) is 22.8 Å². The third-order valence-electron chi connectivity index (χ3n) is 5.09. The van der Waals surface area contributed by atoms with Gasteiger partial charge in [0.25, 0.3) is 0 Å². The van der Waals surface area contributed by atoms with E-state index in [-0.39, 0.29) is 11.7 Å². The number of thioether (sulfide) groups is 1. The first kappa shape index (κ1) is 22.8. The normalized spacial score (nSPS) is 10.8. The molecule has 4 rings (SSSR count). The van der Waals surface area contributed by atoms with E-state index in [9.17, 15) is 4.79 Å². The van der Waals surface area contributed by atoms with Gasteiger partial charge in [0.2, 0.25) is 5.91 Å². The number of hydrogen-bond acceptors (Lipinski definition) is 6. The first-order valence-electron chi connectivity index (χ1n) is 10.2. The molecule has 2 heterocycles. The molecule has 2 aromatic carbocycles. The summed E-state index contributed by atoms with van der Waals surface area (Å²) in [5.74, 6) is 1.21. The van der Waals surface area contributed by atoms with E-state index in [0.29, 0.717) is 27.4 Å².